The molecule has 0 heterocycles. The third kappa shape index (κ3) is 4.68. The fourth-order valence-corrected chi connectivity index (χ4v) is 3.75. The minimum absolute atomic E-state index is 0.686. The Morgan fingerprint density at radius 1 is 1.24 bits per heavy atom. The molecular weight excluding hydrogens is 336 g/mol. The first-order chi connectivity index (χ1) is 8.05. The van der Waals surface area contributed by atoms with E-state index < -0.39 is 26.9 Å². The fourth-order valence-electron chi connectivity index (χ4n) is 1.23. The molecule has 0 saturated carbocycles. The number of hydrogen-bond donors (Lipinski definition) is 1. The van der Waals surface area contributed by atoms with Gasteiger partial charge in [-0.2, -0.15) is 0 Å². The van der Waals surface area contributed by atoms with Crippen LogP contribution in [0.25, 0.3) is 0 Å². The second-order valence-electron chi connectivity index (χ2n) is 3.24. The summed E-state index contributed by atoms with van der Waals surface area (Å²) in [5.74, 6) is 0.558. The molecule has 17 heavy (non-hydrogen) atoms. The van der Waals surface area contributed by atoms with Crippen LogP contribution in [0.3, 0.4) is 0 Å². The van der Waals surface area contributed by atoms with E-state index in [1.807, 2.05) is 19.1 Å². The van der Waals surface area contributed by atoms with Gasteiger partial charge in [0.1, 0.15) is 0 Å². The van der Waals surface area contributed by atoms with E-state index in [9.17, 15) is 4.79 Å². The van der Waals surface area contributed by atoms with Crippen LogP contribution in [0.1, 0.15) is 6.92 Å². The van der Waals surface area contributed by atoms with Crippen molar-refractivity contribution in [2.24, 2.45) is 0 Å². The number of carboxylic acid groups (broad SMARTS) is 1. The topological polar surface area (TPSA) is 55.8 Å². The Morgan fingerprint density at radius 3 is 2.18 bits per heavy atom. The van der Waals surface area contributed by atoms with Crippen LogP contribution in [0.2, 0.25) is 0 Å². The van der Waals surface area contributed by atoms with Crippen molar-refractivity contribution in [2.45, 2.75) is 6.92 Å². The van der Waals surface area contributed by atoms with E-state index in [1.54, 1.807) is 20.3 Å². The number of carbonyl (C=O) groups is 1. The second kappa shape index (κ2) is 6.53. The summed E-state index contributed by atoms with van der Waals surface area (Å²) in [6, 6.07) is 5.64. The summed E-state index contributed by atoms with van der Waals surface area (Å²) in [5.41, 5.74) is 0. The van der Waals surface area contributed by atoms with Crippen molar-refractivity contribution in [1.82, 2.24) is 0 Å². The molecule has 0 aliphatic carbocycles. The van der Waals surface area contributed by atoms with Gasteiger partial charge in [-0.25, -0.2) is 0 Å². The number of rotatable bonds is 5. The Morgan fingerprint density at radius 2 is 1.76 bits per heavy atom. The molecule has 4 nitrogen and oxygen atoms in total. The average molecular weight is 350 g/mol. The molecule has 0 radical (unpaired) electrons. The van der Waals surface area contributed by atoms with Gasteiger partial charge in [0.15, 0.2) is 0 Å². The number of benzene rings is 1. The molecular formula is C12H14O4Te. The molecule has 1 aromatic rings. The van der Waals surface area contributed by atoms with Gasteiger partial charge in [-0.15, -0.1) is 0 Å². The third-order valence-electron chi connectivity index (χ3n) is 1.93. The van der Waals surface area contributed by atoms with Gasteiger partial charge in [-0.3, -0.25) is 0 Å². The number of methoxy groups -OCH3 is 2. The molecule has 0 saturated heterocycles. The maximum atomic E-state index is 10.5. The Kier molecular flexibility index (Phi) is 5.33. The van der Waals surface area contributed by atoms with Gasteiger partial charge in [0.25, 0.3) is 0 Å². The second-order valence-corrected chi connectivity index (χ2v) is 7.01. The van der Waals surface area contributed by atoms with Crippen molar-refractivity contribution >= 4 is 30.5 Å². The van der Waals surface area contributed by atoms with Gasteiger partial charge in [0, 0.05) is 0 Å². The van der Waals surface area contributed by atoms with Gasteiger partial charge < -0.3 is 0 Å². The number of aliphatic carboxylic acids is 1. The van der Waals surface area contributed by atoms with E-state index in [-0.39, 0.29) is 0 Å². The maximum absolute atomic E-state index is 10.5. The number of allylic oxidation sites excluding steroid dienone is 1. The zero-order valence-corrected chi connectivity index (χ0v) is 12.2. The molecule has 0 fully saturated rings. The van der Waals surface area contributed by atoms with Crippen LogP contribution in [-0.2, 0) is 4.79 Å². The SMILES string of the molecule is COc1cc(OC)cc([Te]/C(C)=C\C(=O)O)c1. The number of carboxylic acids is 1. The first-order valence-corrected chi connectivity index (χ1v) is 7.20. The summed E-state index contributed by atoms with van der Waals surface area (Å²) in [7, 11) is 3.19. The minimum atomic E-state index is -0.900. The Labute approximate surface area is 110 Å². The Hall–Kier alpha value is -1.18. The molecule has 5 heteroatoms. The van der Waals surface area contributed by atoms with Crippen LogP contribution in [0.15, 0.2) is 27.9 Å². The number of ether oxygens (including phenoxy) is 2. The van der Waals surface area contributed by atoms with E-state index >= 15 is 0 Å². The van der Waals surface area contributed by atoms with Crippen molar-refractivity contribution < 1.29 is 19.4 Å². The van der Waals surface area contributed by atoms with Gasteiger partial charge in [-0.1, -0.05) is 0 Å². The van der Waals surface area contributed by atoms with Crippen molar-refractivity contribution in [1.29, 1.82) is 0 Å². The standard InChI is InChI=1S/C12H14O4Te/c1-8(4-12(13)14)17-11-6-9(15-2)5-10(7-11)16-3/h4-7H,1-3H3,(H,13,14)/b8-4-. The first kappa shape index (κ1) is 13.9. The van der Waals surface area contributed by atoms with Crippen LogP contribution >= 0.6 is 0 Å². The summed E-state index contributed by atoms with van der Waals surface area (Å²) >= 11 is -0.686. The summed E-state index contributed by atoms with van der Waals surface area (Å²) in [4.78, 5) is 10.5. The zero-order chi connectivity index (χ0) is 12.8. The van der Waals surface area contributed by atoms with Crippen LogP contribution in [0.4, 0.5) is 0 Å². The molecule has 1 rings (SSSR count). The van der Waals surface area contributed by atoms with Crippen LogP contribution in [0, 0.1) is 0 Å². The normalized spacial score (nSPS) is 11.1. The van der Waals surface area contributed by atoms with Crippen LogP contribution < -0.4 is 13.1 Å². The molecule has 1 aromatic carbocycles. The van der Waals surface area contributed by atoms with E-state index in [2.05, 4.69) is 0 Å². The Bertz CT molecular complexity index is 418. The van der Waals surface area contributed by atoms with E-state index in [4.69, 9.17) is 14.6 Å². The quantitative estimate of drug-likeness (QED) is 0.637. The predicted octanol–water partition coefficient (Wildman–Crippen LogP) is 1.02. The van der Waals surface area contributed by atoms with Crippen molar-refractivity contribution in [3.8, 4) is 11.5 Å². The monoisotopic (exact) mass is 352 g/mol. The Balaban J connectivity index is 2.94. The van der Waals surface area contributed by atoms with Crippen LogP contribution in [0.5, 0.6) is 11.5 Å². The van der Waals surface area contributed by atoms with E-state index in [0.717, 1.165) is 18.7 Å². The third-order valence-corrected chi connectivity index (χ3v) is 4.53. The number of hydrogen-bond acceptors (Lipinski definition) is 3. The van der Waals surface area contributed by atoms with E-state index in [1.165, 1.54) is 6.08 Å². The summed E-state index contributed by atoms with van der Waals surface area (Å²) in [6.07, 6.45) is 1.26. The fraction of sp³-hybridized carbons (Fsp3) is 0.250. The molecule has 0 bridgehead atoms. The summed E-state index contributed by atoms with van der Waals surface area (Å²) < 4.78 is 12.3. The zero-order valence-electron chi connectivity index (χ0n) is 9.89. The molecule has 92 valence electrons. The van der Waals surface area contributed by atoms with Gasteiger partial charge in [-0.05, 0) is 0 Å². The molecule has 0 aliphatic rings. The molecule has 0 amide bonds. The molecule has 0 aliphatic heterocycles. The molecule has 0 aromatic heterocycles. The first-order valence-electron chi connectivity index (χ1n) is 4.87. The average Bonchev–Trinajstić information content (AvgIpc) is 2.27. The molecule has 1 N–H and O–H groups in total. The van der Waals surface area contributed by atoms with Crippen LogP contribution in [-0.4, -0.2) is 46.2 Å². The summed E-state index contributed by atoms with van der Waals surface area (Å²) in [5, 5.41) is 8.66. The molecule has 0 unspecified atom stereocenters. The van der Waals surface area contributed by atoms with Crippen molar-refractivity contribution in [2.75, 3.05) is 14.2 Å². The molecule has 0 atom stereocenters. The summed E-state index contributed by atoms with van der Waals surface area (Å²) in [6.45, 7) is 1.84. The van der Waals surface area contributed by atoms with Gasteiger partial charge >= 0.3 is 110 Å². The van der Waals surface area contributed by atoms with Crippen molar-refractivity contribution in [3.05, 3.63) is 27.9 Å². The van der Waals surface area contributed by atoms with Crippen molar-refractivity contribution in [3.63, 3.8) is 0 Å². The van der Waals surface area contributed by atoms with E-state index in [0.29, 0.717) is 0 Å². The van der Waals surface area contributed by atoms with Gasteiger partial charge in [0.05, 0.1) is 0 Å². The molecule has 0 spiro atoms. The van der Waals surface area contributed by atoms with Gasteiger partial charge in [0.2, 0.25) is 0 Å². The predicted molar refractivity (Wildman–Crippen MR) is 66.3 cm³/mol.